The summed E-state index contributed by atoms with van der Waals surface area (Å²) >= 11 is 6.76. The van der Waals surface area contributed by atoms with Gasteiger partial charge in [-0.1, -0.05) is 12.1 Å². The minimum absolute atomic E-state index is 0.245. The third-order valence-electron chi connectivity index (χ3n) is 4.12. The summed E-state index contributed by atoms with van der Waals surface area (Å²) in [5, 5.41) is -0.245. The second-order valence-corrected chi connectivity index (χ2v) is 9.20. The molecule has 0 N–H and O–H groups in total. The van der Waals surface area contributed by atoms with E-state index in [1.54, 1.807) is 13.0 Å². The van der Waals surface area contributed by atoms with Crippen molar-refractivity contribution in [3.63, 3.8) is 0 Å². The minimum Gasteiger partial charge on any atom is -0.490 e. The number of ether oxygens (including phenoxy) is 2. The Balaban J connectivity index is 1.86. The van der Waals surface area contributed by atoms with Crippen LogP contribution in [0.2, 0.25) is 0 Å². The fourth-order valence-electron chi connectivity index (χ4n) is 2.73. The van der Waals surface area contributed by atoms with Crippen LogP contribution in [0.1, 0.15) is 25.0 Å². The van der Waals surface area contributed by atoms with Crippen molar-refractivity contribution in [3.8, 4) is 11.5 Å². The smallest absolute Gasteiger partial charge is 0.293 e. The third kappa shape index (κ3) is 5.35. The molecule has 1 fully saturated rings. The zero-order valence-corrected chi connectivity index (χ0v) is 20.5. The van der Waals surface area contributed by atoms with Gasteiger partial charge in [-0.25, -0.2) is 0 Å². The lowest BCUT2D eigenvalue weighted by Crippen LogP contribution is -2.27. The zero-order chi connectivity index (χ0) is 21.0. The highest BCUT2D eigenvalue weighted by Crippen LogP contribution is 2.39. The van der Waals surface area contributed by atoms with E-state index in [1.807, 2.05) is 43.3 Å². The average molecular weight is 588 g/mol. The topological polar surface area (TPSA) is 55.8 Å². The fourth-order valence-corrected chi connectivity index (χ4v) is 4.57. The van der Waals surface area contributed by atoms with Crippen LogP contribution in [-0.2, 0) is 11.4 Å². The van der Waals surface area contributed by atoms with Crippen LogP contribution >= 0.6 is 50.3 Å². The number of carbonyl (C=O) groups is 2. The predicted octanol–water partition coefficient (Wildman–Crippen LogP) is 6.09. The van der Waals surface area contributed by atoms with Crippen LogP contribution in [0.3, 0.4) is 0 Å². The van der Waals surface area contributed by atoms with E-state index in [9.17, 15) is 9.59 Å². The Bertz CT molecular complexity index is 962. The number of likely N-dealkylation sites (N-methyl/N-ethyl adjacent to an activating group) is 1. The van der Waals surface area contributed by atoms with E-state index in [0.29, 0.717) is 36.2 Å². The number of hydrogen-bond donors (Lipinski definition) is 0. The van der Waals surface area contributed by atoms with Crippen LogP contribution < -0.4 is 9.47 Å². The van der Waals surface area contributed by atoms with Crippen molar-refractivity contribution < 1.29 is 19.1 Å². The largest absolute Gasteiger partial charge is 0.490 e. The maximum absolute atomic E-state index is 12.3. The van der Waals surface area contributed by atoms with Crippen molar-refractivity contribution in [1.82, 2.24) is 4.90 Å². The lowest BCUT2D eigenvalue weighted by Gasteiger charge is -2.15. The molecule has 1 heterocycles. The number of thioether (sulfide) groups is 1. The molecule has 0 bridgehead atoms. The summed E-state index contributed by atoms with van der Waals surface area (Å²) in [4.78, 5) is 25.9. The molecular formula is C21H19BrINO4S. The molecule has 0 aliphatic carbocycles. The second-order valence-electron chi connectivity index (χ2n) is 6.10. The van der Waals surface area contributed by atoms with E-state index in [4.69, 9.17) is 9.47 Å². The first-order valence-electron chi connectivity index (χ1n) is 9.01. The number of nitrogens with zero attached hydrogens (tertiary/aromatic N) is 1. The van der Waals surface area contributed by atoms with E-state index >= 15 is 0 Å². The zero-order valence-electron chi connectivity index (χ0n) is 15.9. The highest BCUT2D eigenvalue weighted by molar-refractivity contribution is 14.1. The summed E-state index contributed by atoms with van der Waals surface area (Å²) in [6.07, 6.45) is 1.71. The van der Waals surface area contributed by atoms with Crippen LogP contribution in [0.25, 0.3) is 6.08 Å². The number of imide groups is 1. The van der Waals surface area contributed by atoms with E-state index in [0.717, 1.165) is 27.4 Å². The summed E-state index contributed by atoms with van der Waals surface area (Å²) in [5.74, 6) is 0.910. The Kier molecular flexibility index (Phi) is 7.64. The van der Waals surface area contributed by atoms with Crippen molar-refractivity contribution >= 4 is 67.5 Å². The minimum atomic E-state index is -0.268. The fraction of sp³-hybridized carbons (Fsp3) is 0.238. The summed E-state index contributed by atoms with van der Waals surface area (Å²) < 4.78 is 13.7. The molecule has 0 saturated carbocycles. The van der Waals surface area contributed by atoms with Gasteiger partial charge in [-0.05, 0) is 106 Å². The molecule has 3 rings (SSSR count). The maximum atomic E-state index is 12.3. The molecule has 1 saturated heterocycles. The van der Waals surface area contributed by atoms with Gasteiger partial charge in [0, 0.05) is 10.1 Å². The van der Waals surface area contributed by atoms with Crippen LogP contribution in [0.5, 0.6) is 11.5 Å². The number of hydrogen-bond acceptors (Lipinski definition) is 5. The van der Waals surface area contributed by atoms with Crippen molar-refractivity contribution in [3.05, 3.63) is 60.5 Å². The average Bonchev–Trinajstić information content (AvgIpc) is 2.95. The summed E-state index contributed by atoms with van der Waals surface area (Å²) in [6.45, 7) is 4.92. The first-order chi connectivity index (χ1) is 13.9. The molecule has 0 unspecified atom stereocenters. The highest BCUT2D eigenvalue weighted by Gasteiger charge is 2.33. The molecule has 2 amide bonds. The maximum Gasteiger partial charge on any atom is 0.293 e. The van der Waals surface area contributed by atoms with Crippen molar-refractivity contribution in [1.29, 1.82) is 0 Å². The molecule has 29 heavy (non-hydrogen) atoms. The molecule has 0 radical (unpaired) electrons. The molecule has 2 aromatic carbocycles. The summed E-state index contributed by atoms with van der Waals surface area (Å²) in [6, 6.07) is 11.8. The van der Waals surface area contributed by atoms with E-state index < -0.39 is 0 Å². The molecule has 1 aliphatic heterocycles. The Hall–Kier alpha value is -1.52. The Morgan fingerprint density at radius 1 is 1.14 bits per heavy atom. The molecule has 5 nitrogen and oxygen atoms in total. The first-order valence-corrected chi connectivity index (χ1v) is 11.7. The molecule has 152 valence electrons. The van der Waals surface area contributed by atoms with Gasteiger partial charge in [0.25, 0.3) is 11.1 Å². The lowest BCUT2D eigenvalue weighted by molar-refractivity contribution is -0.122. The number of halogens is 2. The van der Waals surface area contributed by atoms with Gasteiger partial charge in [0.15, 0.2) is 11.5 Å². The highest BCUT2D eigenvalue weighted by atomic mass is 127. The Morgan fingerprint density at radius 2 is 1.86 bits per heavy atom. The normalized spacial score (nSPS) is 15.3. The predicted molar refractivity (Wildman–Crippen MR) is 127 cm³/mol. The van der Waals surface area contributed by atoms with Crippen LogP contribution in [0.15, 0.2) is 45.8 Å². The van der Waals surface area contributed by atoms with E-state index in [-0.39, 0.29) is 11.1 Å². The van der Waals surface area contributed by atoms with Gasteiger partial charge in [-0.2, -0.15) is 0 Å². The van der Waals surface area contributed by atoms with Gasteiger partial charge in [0.1, 0.15) is 6.61 Å². The van der Waals surface area contributed by atoms with Crippen molar-refractivity contribution in [2.75, 3.05) is 13.2 Å². The van der Waals surface area contributed by atoms with E-state index in [1.165, 1.54) is 8.47 Å². The van der Waals surface area contributed by atoms with E-state index in [2.05, 4.69) is 38.5 Å². The number of carbonyl (C=O) groups excluding carboxylic acids is 2. The molecule has 1 aliphatic rings. The van der Waals surface area contributed by atoms with Crippen molar-refractivity contribution in [2.45, 2.75) is 20.5 Å². The quantitative estimate of drug-likeness (QED) is 0.290. The van der Waals surface area contributed by atoms with Crippen molar-refractivity contribution in [2.24, 2.45) is 0 Å². The molecule has 2 aromatic rings. The molecule has 0 aromatic heterocycles. The van der Waals surface area contributed by atoms with Gasteiger partial charge >= 0.3 is 0 Å². The van der Waals surface area contributed by atoms with Gasteiger partial charge in [-0.15, -0.1) is 0 Å². The number of amides is 2. The lowest BCUT2D eigenvalue weighted by atomic mass is 10.1. The Morgan fingerprint density at radius 3 is 2.48 bits per heavy atom. The standard InChI is InChI=1S/C21H19BrINO4S/c1-3-24-20(25)18(29-21(24)26)11-14-9-16(22)19(17(10-14)27-4-2)28-12-13-5-7-15(23)8-6-13/h5-11H,3-4,12H2,1-2H3/b18-11+. The molecule has 0 spiro atoms. The van der Waals surface area contributed by atoms with Gasteiger partial charge in [0.05, 0.1) is 16.0 Å². The SMILES string of the molecule is CCOc1cc(/C=C2/SC(=O)N(CC)C2=O)cc(Br)c1OCc1ccc(I)cc1. The number of benzene rings is 2. The second kappa shape index (κ2) is 9.99. The number of rotatable bonds is 7. The van der Waals surface area contributed by atoms with Gasteiger partial charge in [0.2, 0.25) is 0 Å². The Labute approximate surface area is 196 Å². The van der Waals surface area contributed by atoms with Crippen LogP contribution in [0, 0.1) is 3.57 Å². The summed E-state index contributed by atoms with van der Waals surface area (Å²) in [5.41, 5.74) is 1.81. The first kappa shape index (κ1) is 22.2. The van der Waals surface area contributed by atoms with Gasteiger partial charge in [-0.3, -0.25) is 14.5 Å². The van der Waals surface area contributed by atoms with Gasteiger partial charge < -0.3 is 9.47 Å². The van der Waals surface area contributed by atoms with Crippen LogP contribution in [-0.4, -0.2) is 29.2 Å². The third-order valence-corrected chi connectivity index (χ3v) is 6.33. The monoisotopic (exact) mass is 587 g/mol. The molecular weight excluding hydrogens is 569 g/mol. The molecule has 8 heteroatoms. The summed E-state index contributed by atoms with van der Waals surface area (Å²) in [7, 11) is 0. The van der Waals surface area contributed by atoms with Crippen LogP contribution in [0.4, 0.5) is 4.79 Å². The molecule has 0 atom stereocenters.